The molecule has 0 radical (unpaired) electrons. The predicted molar refractivity (Wildman–Crippen MR) is 49.9 cm³/mol. The van der Waals surface area contributed by atoms with Crippen LogP contribution in [0.4, 0.5) is 17.6 Å². The minimum Gasteiger partial charge on any atom is -0.490 e. The van der Waals surface area contributed by atoms with E-state index >= 15 is 0 Å². The number of hydrogen-bond donors (Lipinski definition) is 2. The predicted octanol–water partition coefficient (Wildman–Crippen LogP) is 1.62. The minimum absolute atomic E-state index is 0.168. The molecule has 0 aliphatic rings. The molecule has 0 aliphatic heterocycles. The van der Waals surface area contributed by atoms with Gasteiger partial charge in [-0.15, -0.1) is 0 Å². The van der Waals surface area contributed by atoms with E-state index in [0.717, 1.165) is 12.1 Å². The van der Waals surface area contributed by atoms with Crippen molar-refractivity contribution in [1.29, 1.82) is 0 Å². The molecule has 2 N–H and O–H groups in total. The van der Waals surface area contributed by atoms with Gasteiger partial charge in [0.05, 0.1) is 6.61 Å². The Labute approximate surface area is 94.3 Å². The number of rotatable bonds is 4. The molecule has 0 spiro atoms. The van der Waals surface area contributed by atoms with Crippen LogP contribution in [0.15, 0.2) is 18.2 Å². The van der Waals surface area contributed by atoms with Gasteiger partial charge in [-0.05, 0) is 17.7 Å². The zero-order valence-corrected chi connectivity index (χ0v) is 8.54. The lowest BCUT2D eigenvalue weighted by atomic mass is 10.2. The van der Waals surface area contributed by atoms with Gasteiger partial charge >= 0.3 is 6.18 Å². The molecule has 1 atom stereocenters. The second-order valence-electron chi connectivity index (χ2n) is 3.32. The maximum Gasteiger partial charge on any atom is 0.417 e. The van der Waals surface area contributed by atoms with Crippen LogP contribution in [0.2, 0.25) is 0 Å². The largest absolute Gasteiger partial charge is 0.490 e. The summed E-state index contributed by atoms with van der Waals surface area (Å²) in [6.07, 6.45) is -7.42. The van der Waals surface area contributed by atoms with E-state index in [4.69, 9.17) is 10.2 Å². The van der Waals surface area contributed by atoms with Gasteiger partial charge in [-0.1, -0.05) is 0 Å². The lowest BCUT2D eigenvalue weighted by Crippen LogP contribution is -2.34. The molecule has 17 heavy (non-hydrogen) atoms. The van der Waals surface area contributed by atoms with E-state index in [0.29, 0.717) is 0 Å². The topological polar surface area (TPSA) is 49.7 Å². The second-order valence-corrected chi connectivity index (χ2v) is 3.32. The van der Waals surface area contributed by atoms with Gasteiger partial charge in [-0.3, -0.25) is 0 Å². The number of halogens is 4. The Morgan fingerprint density at radius 3 is 2.41 bits per heavy atom. The summed E-state index contributed by atoms with van der Waals surface area (Å²) in [4.78, 5) is 0. The Balaban J connectivity index is 2.66. The van der Waals surface area contributed by atoms with Crippen molar-refractivity contribution in [3.8, 4) is 5.75 Å². The van der Waals surface area contributed by atoms with E-state index in [9.17, 15) is 17.6 Å². The Morgan fingerprint density at radius 1 is 1.24 bits per heavy atom. The summed E-state index contributed by atoms with van der Waals surface area (Å²) < 4.78 is 53.3. The number of ether oxygens (including phenoxy) is 1. The Kier molecular flexibility index (Phi) is 4.30. The molecule has 0 aliphatic carbocycles. The summed E-state index contributed by atoms with van der Waals surface area (Å²) in [5.74, 6) is -0.926. The molecule has 3 nitrogen and oxygen atoms in total. The molecule has 0 saturated carbocycles. The van der Waals surface area contributed by atoms with Gasteiger partial charge in [0.1, 0.15) is 18.2 Å². The molecule has 0 fully saturated rings. The molecule has 0 bridgehead atoms. The van der Waals surface area contributed by atoms with Gasteiger partial charge in [0.2, 0.25) is 0 Å². The highest BCUT2D eigenvalue weighted by molar-refractivity contribution is 5.29. The molecule has 0 heterocycles. The lowest BCUT2D eigenvalue weighted by molar-refractivity contribution is -0.210. The van der Waals surface area contributed by atoms with Crippen molar-refractivity contribution >= 4 is 0 Å². The van der Waals surface area contributed by atoms with Crippen molar-refractivity contribution < 1.29 is 32.5 Å². The quantitative estimate of drug-likeness (QED) is 0.803. The highest BCUT2D eigenvalue weighted by atomic mass is 19.4. The van der Waals surface area contributed by atoms with Gasteiger partial charge in [0.25, 0.3) is 0 Å². The number of aliphatic hydroxyl groups is 2. The smallest absolute Gasteiger partial charge is 0.417 e. The van der Waals surface area contributed by atoms with Crippen LogP contribution in [0.5, 0.6) is 5.75 Å². The first-order valence-corrected chi connectivity index (χ1v) is 4.61. The number of aliphatic hydroxyl groups excluding tert-OH is 2. The molecule has 1 aromatic carbocycles. The normalized spacial score (nSPS) is 13.5. The monoisotopic (exact) mass is 254 g/mol. The zero-order valence-electron chi connectivity index (χ0n) is 8.54. The summed E-state index contributed by atoms with van der Waals surface area (Å²) in [6.45, 7) is -1.49. The summed E-state index contributed by atoms with van der Waals surface area (Å²) in [6, 6.07) is 3.07. The van der Waals surface area contributed by atoms with Crippen LogP contribution in [-0.4, -0.2) is 29.1 Å². The highest BCUT2D eigenvalue weighted by Crippen LogP contribution is 2.22. The molecule has 0 saturated heterocycles. The molecule has 7 heteroatoms. The molecule has 96 valence electrons. The van der Waals surface area contributed by atoms with Crippen molar-refractivity contribution in [3.05, 3.63) is 29.6 Å². The highest BCUT2D eigenvalue weighted by Gasteiger charge is 2.38. The summed E-state index contributed by atoms with van der Waals surface area (Å²) in [5.41, 5.74) is 0.168. The molecule has 1 rings (SSSR count). The van der Waals surface area contributed by atoms with Crippen LogP contribution >= 0.6 is 0 Å². The maximum absolute atomic E-state index is 12.9. The second kappa shape index (κ2) is 5.33. The fourth-order valence-corrected chi connectivity index (χ4v) is 1.07. The molecule has 0 aromatic heterocycles. The van der Waals surface area contributed by atoms with Gasteiger partial charge in [-0.2, -0.15) is 13.2 Å². The third kappa shape index (κ3) is 4.20. The van der Waals surface area contributed by atoms with E-state index in [-0.39, 0.29) is 11.3 Å². The Hall–Kier alpha value is -1.34. The van der Waals surface area contributed by atoms with Gasteiger partial charge < -0.3 is 14.9 Å². The zero-order chi connectivity index (χ0) is 13.1. The van der Waals surface area contributed by atoms with E-state index < -0.39 is 31.3 Å². The van der Waals surface area contributed by atoms with Gasteiger partial charge in [0, 0.05) is 6.07 Å². The van der Waals surface area contributed by atoms with Crippen LogP contribution in [0.25, 0.3) is 0 Å². The molecule has 1 unspecified atom stereocenters. The van der Waals surface area contributed by atoms with Crippen molar-refractivity contribution in [1.82, 2.24) is 0 Å². The maximum atomic E-state index is 12.9. The van der Waals surface area contributed by atoms with Gasteiger partial charge in [-0.25, -0.2) is 4.39 Å². The number of benzene rings is 1. The third-order valence-corrected chi connectivity index (χ3v) is 1.90. The molecule has 1 aromatic rings. The average molecular weight is 254 g/mol. The Morgan fingerprint density at radius 2 is 1.88 bits per heavy atom. The van der Waals surface area contributed by atoms with Crippen molar-refractivity contribution in [2.45, 2.75) is 18.9 Å². The van der Waals surface area contributed by atoms with Crippen molar-refractivity contribution in [3.63, 3.8) is 0 Å². The lowest BCUT2D eigenvalue weighted by Gasteiger charge is -2.15. The van der Waals surface area contributed by atoms with Gasteiger partial charge in [0.15, 0.2) is 6.10 Å². The van der Waals surface area contributed by atoms with Crippen LogP contribution in [-0.2, 0) is 6.61 Å². The van der Waals surface area contributed by atoms with Crippen molar-refractivity contribution in [2.24, 2.45) is 0 Å². The summed E-state index contributed by atoms with van der Waals surface area (Å²) >= 11 is 0. The van der Waals surface area contributed by atoms with Crippen LogP contribution < -0.4 is 4.74 Å². The first-order valence-electron chi connectivity index (χ1n) is 4.61. The SMILES string of the molecule is OCc1cc(F)cc(OCC(O)C(F)(F)F)c1. The fourth-order valence-electron chi connectivity index (χ4n) is 1.07. The summed E-state index contributed by atoms with van der Waals surface area (Å²) in [5, 5.41) is 17.4. The van der Waals surface area contributed by atoms with E-state index in [1.807, 2.05) is 0 Å². The van der Waals surface area contributed by atoms with Crippen LogP contribution in [0.3, 0.4) is 0 Å². The fraction of sp³-hybridized carbons (Fsp3) is 0.400. The minimum atomic E-state index is -4.78. The third-order valence-electron chi connectivity index (χ3n) is 1.90. The molecule has 0 amide bonds. The molecular formula is C10H10F4O3. The summed E-state index contributed by atoms with van der Waals surface area (Å²) in [7, 11) is 0. The first-order chi connectivity index (χ1) is 7.82. The first kappa shape index (κ1) is 13.7. The van der Waals surface area contributed by atoms with Crippen LogP contribution in [0, 0.1) is 5.82 Å². The number of hydrogen-bond acceptors (Lipinski definition) is 3. The Bertz CT molecular complexity index is 378. The van der Waals surface area contributed by atoms with Crippen molar-refractivity contribution in [2.75, 3.05) is 6.61 Å². The molecular weight excluding hydrogens is 244 g/mol. The number of alkyl halides is 3. The standard InChI is InChI=1S/C10H10F4O3/c11-7-1-6(4-15)2-8(3-7)17-5-9(16)10(12,13)14/h1-3,9,15-16H,4-5H2. The van der Waals surface area contributed by atoms with E-state index in [2.05, 4.69) is 4.74 Å². The average Bonchev–Trinajstić information content (AvgIpc) is 2.23. The van der Waals surface area contributed by atoms with Crippen LogP contribution in [0.1, 0.15) is 5.56 Å². The van der Waals surface area contributed by atoms with E-state index in [1.54, 1.807) is 0 Å². The van der Waals surface area contributed by atoms with E-state index in [1.165, 1.54) is 6.07 Å².